The van der Waals surface area contributed by atoms with Crippen molar-refractivity contribution in [3.05, 3.63) is 0 Å². The highest BCUT2D eigenvalue weighted by molar-refractivity contribution is 5.75. The monoisotopic (exact) mass is 274 g/mol. The molecule has 3 N–H and O–H groups in total. The number of ether oxygens (including phenoxy) is 1. The first-order valence-corrected chi connectivity index (χ1v) is 6.48. The number of hydrogen-bond acceptors (Lipinski definition) is 4. The summed E-state index contributed by atoms with van der Waals surface area (Å²) >= 11 is 0. The van der Waals surface area contributed by atoms with Crippen LogP contribution in [0, 0.1) is 0 Å². The molecule has 0 saturated heterocycles. The summed E-state index contributed by atoms with van der Waals surface area (Å²) in [5, 5.41) is 20.3. The molecule has 1 aliphatic carbocycles. The smallest absolute Gasteiger partial charge is 0.317 e. The number of carboxylic acid groups (broad SMARTS) is 1. The fourth-order valence-corrected chi connectivity index (χ4v) is 1.99. The van der Waals surface area contributed by atoms with E-state index in [1.54, 1.807) is 4.90 Å². The third kappa shape index (κ3) is 5.04. The SMILES string of the molecule is COC(CNC(=O)N(CCO)C1CCC1)CC(=O)O. The minimum atomic E-state index is -0.965. The Morgan fingerprint density at radius 2 is 2.16 bits per heavy atom. The van der Waals surface area contributed by atoms with Gasteiger partial charge in [0.1, 0.15) is 0 Å². The van der Waals surface area contributed by atoms with Crippen molar-refractivity contribution in [3.63, 3.8) is 0 Å². The zero-order valence-electron chi connectivity index (χ0n) is 11.2. The van der Waals surface area contributed by atoms with Crippen molar-refractivity contribution in [2.75, 3.05) is 26.8 Å². The molecule has 1 atom stereocenters. The number of amides is 2. The van der Waals surface area contributed by atoms with Crippen molar-refractivity contribution in [2.24, 2.45) is 0 Å². The van der Waals surface area contributed by atoms with Gasteiger partial charge in [0, 0.05) is 26.2 Å². The number of urea groups is 1. The normalized spacial score (nSPS) is 16.5. The Morgan fingerprint density at radius 1 is 1.47 bits per heavy atom. The Balaban J connectivity index is 2.39. The summed E-state index contributed by atoms with van der Waals surface area (Å²) < 4.78 is 4.99. The van der Waals surface area contributed by atoms with Crippen molar-refractivity contribution in [3.8, 4) is 0 Å². The molecule has 19 heavy (non-hydrogen) atoms. The molecule has 0 heterocycles. The van der Waals surface area contributed by atoms with E-state index >= 15 is 0 Å². The molecule has 0 bridgehead atoms. The molecule has 1 rings (SSSR count). The number of rotatable bonds is 8. The number of aliphatic carboxylic acids is 1. The van der Waals surface area contributed by atoms with Crippen molar-refractivity contribution in [2.45, 2.75) is 37.8 Å². The number of carboxylic acids is 1. The van der Waals surface area contributed by atoms with Crippen molar-refractivity contribution in [1.82, 2.24) is 10.2 Å². The molecule has 0 aromatic carbocycles. The second-order valence-electron chi connectivity index (χ2n) is 4.64. The molecule has 0 aromatic heterocycles. The quantitative estimate of drug-likeness (QED) is 0.580. The van der Waals surface area contributed by atoms with E-state index in [2.05, 4.69) is 5.32 Å². The van der Waals surface area contributed by atoms with Crippen LogP contribution in [0.25, 0.3) is 0 Å². The van der Waals surface area contributed by atoms with Crippen LogP contribution in [0.15, 0.2) is 0 Å². The first-order valence-electron chi connectivity index (χ1n) is 6.48. The van der Waals surface area contributed by atoms with E-state index in [0.29, 0.717) is 6.54 Å². The summed E-state index contributed by atoms with van der Waals surface area (Å²) in [5.41, 5.74) is 0. The molecule has 1 aliphatic rings. The zero-order valence-corrected chi connectivity index (χ0v) is 11.2. The summed E-state index contributed by atoms with van der Waals surface area (Å²) in [5.74, 6) is -0.965. The average molecular weight is 274 g/mol. The summed E-state index contributed by atoms with van der Waals surface area (Å²) in [4.78, 5) is 24.2. The number of nitrogens with one attached hydrogen (secondary N) is 1. The largest absolute Gasteiger partial charge is 0.481 e. The van der Waals surface area contributed by atoms with E-state index in [1.807, 2.05) is 0 Å². The molecule has 1 fully saturated rings. The van der Waals surface area contributed by atoms with Gasteiger partial charge >= 0.3 is 12.0 Å². The Bertz CT molecular complexity index is 306. The molecule has 1 unspecified atom stereocenters. The molecule has 0 radical (unpaired) electrons. The number of aliphatic hydroxyl groups is 1. The first kappa shape index (κ1) is 15.7. The number of carbonyl (C=O) groups excluding carboxylic acids is 1. The fraction of sp³-hybridized carbons (Fsp3) is 0.833. The highest BCUT2D eigenvalue weighted by Gasteiger charge is 2.28. The molecule has 110 valence electrons. The van der Waals surface area contributed by atoms with Crippen LogP contribution in [0.5, 0.6) is 0 Å². The van der Waals surface area contributed by atoms with E-state index in [-0.39, 0.29) is 31.6 Å². The second-order valence-corrected chi connectivity index (χ2v) is 4.64. The summed E-state index contributed by atoms with van der Waals surface area (Å²) in [7, 11) is 1.41. The highest BCUT2D eigenvalue weighted by Crippen LogP contribution is 2.24. The van der Waals surface area contributed by atoms with Crippen LogP contribution >= 0.6 is 0 Å². The van der Waals surface area contributed by atoms with Gasteiger partial charge in [-0.15, -0.1) is 0 Å². The van der Waals surface area contributed by atoms with E-state index in [0.717, 1.165) is 19.3 Å². The Labute approximate surface area is 112 Å². The molecule has 2 amide bonds. The maximum atomic E-state index is 12.0. The van der Waals surface area contributed by atoms with Crippen LogP contribution in [-0.2, 0) is 9.53 Å². The summed E-state index contributed by atoms with van der Waals surface area (Å²) in [6, 6.07) is -0.0844. The van der Waals surface area contributed by atoms with Gasteiger partial charge in [-0.25, -0.2) is 4.79 Å². The average Bonchev–Trinajstić information content (AvgIpc) is 2.30. The fourth-order valence-electron chi connectivity index (χ4n) is 1.99. The molecule has 7 nitrogen and oxygen atoms in total. The third-order valence-electron chi connectivity index (χ3n) is 3.33. The maximum absolute atomic E-state index is 12.0. The van der Waals surface area contributed by atoms with E-state index in [9.17, 15) is 9.59 Å². The van der Waals surface area contributed by atoms with Crippen LogP contribution in [0.2, 0.25) is 0 Å². The number of carbonyl (C=O) groups is 2. The number of aliphatic hydroxyl groups excluding tert-OH is 1. The lowest BCUT2D eigenvalue weighted by atomic mass is 9.92. The van der Waals surface area contributed by atoms with Gasteiger partial charge in [-0.05, 0) is 19.3 Å². The van der Waals surface area contributed by atoms with Crippen molar-refractivity contribution in [1.29, 1.82) is 0 Å². The standard InChI is InChI=1S/C12H22N2O5/c1-19-10(7-11(16)17)8-13-12(18)14(5-6-15)9-3-2-4-9/h9-10,15H,2-8H2,1H3,(H,13,18)(H,16,17). The van der Waals surface area contributed by atoms with Crippen LogP contribution < -0.4 is 5.32 Å². The minimum Gasteiger partial charge on any atom is -0.481 e. The van der Waals surface area contributed by atoms with Gasteiger partial charge in [-0.3, -0.25) is 4.79 Å². The zero-order chi connectivity index (χ0) is 14.3. The highest BCUT2D eigenvalue weighted by atomic mass is 16.5. The van der Waals surface area contributed by atoms with E-state index < -0.39 is 12.1 Å². The first-order chi connectivity index (χ1) is 9.08. The van der Waals surface area contributed by atoms with Gasteiger partial charge in [0.25, 0.3) is 0 Å². The molecular formula is C12H22N2O5. The van der Waals surface area contributed by atoms with Gasteiger partial charge < -0.3 is 25.2 Å². The lowest BCUT2D eigenvalue weighted by Crippen LogP contribution is -2.51. The minimum absolute atomic E-state index is 0.0766. The van der Waals surface area contributed by atoms with Gasteiger partial charge in [0.05, 0.1) is 19.1 Å². The maximum Gasteiger partial charge on any atom is 0.317 e. The summed E-state index contributed by atoms with van der Waals surface area (Å²) in [6.07, 6.45) is 2.31. The lowest BCUT2D eigenvalue weighted by Gasteiger charge is -2.37. The predicted octanol–water partition coefficient (Wildman–Crippen LogP) is 0.0325. The van der Waals surface area contributed by atoms with E-state index in [4.69, 9.17) is 14.9 Å². The molecule has 7 heteroatoms. The van der Waals surface area contributed by atoms with Crippen LogP contribution in [0.1, 0.15) is 25.7 Å². The molecule has 0 aliphatic heterocycles. The number of nitrogens with zero attached hydrogens (tertiary/aromatic N) is 1. The predicted molar refractivity (Wildman–Crippen MR) is 67.9 cm³/mol. The molecular weight excluding hydrogens is 252 g/mol. The topological polar surface area (TPSA) is 99.1 Å². The molecule has 1 saturated carbocycles. The Hall–Kier alpha value is -1.34. The Kier molecular flexibility index (Phi) is 6.58. The van der Waals surface area contributed by atoms with Crippen molar-refractivity contribution < 1.29 is 24.5 Å². The molecule has 0 aromatic rings. The number of hydrogen-bond donors (Lipinski definition) is 3. The van der Waals surface area contributed by atoms with Crippen LogP contribution in [-0.4, -0.2) is 66.1 Å². The summed E-state index contributed by atoms with van der Waals surface area (Å²) in [6.45, 7) is 0.371. The number of methoxy groups -OCH3 is 1. The lowest BCUT2D eigenvalue weighted by molar-refractivity contribution is -0.139. The van der Waals surface area contributed by atoms with E-state index in [1.165, 1.54) is 7.11 Å². The Morgan fingerprint density at radius 3 is 2.58 bits per heavy atom. The van der Waals surface area contributed by atoms with Gasteiger partial charge in [-0.1, -0.05) is 0 Å². The molecule has 0 spiro atoms. The van der Waals surface area contributed by atoms with Crippen LogP contribution in [0.3, 0.4) is 0 Å². The second kappa shape index (κ2) is 7.96. The van der Waals surface area contributed by atoms with Gasteiger partial charge in [-0.2, -0.15) is 0 Å². The third-order valence-corrected chi connectivity index (χ3v) is 3.33. The van der Waals surface area contributed by atoms with Crippen molar-refractivity contribution >= 4 is 12.0 Å². The van der Waals surface area contributed by atoms with Gasteiger partial charge in [0.15, 0.2) is 0 Å². The van der Waals surface area contributed by atoms with Crippen LogP contribution in [0.4, 0.5) is 4.79 Å². The van der Waals surface area contributed by atoms with Gasteiger partial charge in [0.2, 0.25) is 0 Å².